The Hall–Kier alpha value is -2.68. The molecule has 0 saturated heterocycles. The molecule has 100 valence electrons. The lowest BCUT2D eigenvalue weighted by molar-refractivity contribution is -0.117. The van der Waals surface area contributed by atoms with E-state index < -0.39 is 5.97 Å². The van der Waals surface area contributed by atoms with E-state index in [0.29, 0.717) is 5.56 Å². The summed E-state index contributed by atoms with van der Waals surface area (Å²) in [5.41, 5.74) is 1.36. The van der Waals surface area contributed by atoms with Crippen molar-refractivity contribution in [2.45, 2.75) is 0 Å². The normalized spacial score (nSPS) is 10.4. The van der Waals surface area contributed by atoms with Gasteiger partial charge < -0.3 is 4.74 Å². The predicted molar refractivity (Wildman–Crippen MR) is 77.2 cm³/mol. The average molecular weight is 266 g/mol. The molecular formula is C17H14O3. The number of ketones is 1. The number of hydrogen-bond donors (Lipinski definition) is 0. The highest BCUT2D eigenvalue weighted by atomic mass is 16.5. The first-order valence-electron chi connectivity index (χ1n) is 6.24. The minimum atomic E-state index is -0.493. The molecule has 0 spiro atoms. The van der Waals surface area contributed by atoms with Crippen molar-refractivity contribution in [1.29, 1.82) is 0 Å². The van der Waals surface area contributed by atoms with Crippen LogP contribution in [0.3, 0.4) is 0 Å². The van der Waals surface area contributed by atoms with Crippen LogP contribution in [0.1, 0.15) is 15.9 Å². The molecule has 3 nitrogen and oxygen atoms in total. The third-order valence-electron chi connectivity index (χ3n) is 2.62. The lowest BCUT2D eigenvalue weighted by atomic mass is 10.2. The van der Waals surface area contributed by atoms with E-state index in [1.54, 1.807) is 30.3 Å². The Morgan fingerprint density at radius 3 is 2.15 bits per heavy atom. The predicted octanol–water partition coefficient (Wildman–Crippen LogP) is 3.13. The van der Waals surface area contributed by atoms with Gasteiger partial charge in [0.2, 0.25) is 0 Å². The summed E-state index contributed by atoms with van der Waals surface area (Å²) in [6.45, 7) is -0.253. The lowest BCUT2D eigenvalue weighted by Gasteiger charge is -2.01. The van der Waals surface area contributed by atoms with Crippen LogP contribution in [-0.4, -0.2) is 18.4 Å². The molecule has 0 saturated carbocycles. The molecule has 0 aromatic heterocycles. The molecule has 2 aromatic rings. The number of carbonyl (C=O) groups is 2. The minimum absolute atomic E-state index is 0.252. The van der Waals surface area contributed by atoms with Crippen molar-refractivity contribution in [2.24, 2.45) is 0 Å². The van der Waals surface area contributed by atoms with Crippen LogP contribution in [0.4, 0.5) is 0 Å². The van der Waals surface area contributed by atoms with Crippen molar-refractivity contribution in [3.05, 3.63) is 77.9 Å². The zero-order chi connectivity index (χ0) is 14.2. The van der Waals surface area contributed by atoms with Gasteiger partial charge in [0.1, 0.15) is 0 Å². The van der Waals surface area contributed by atoms with Crippen molar-refractivity contribution < 1.29 is 14.3 Å². The van der Waals surface area contributed by atoms with Gasteiger partial charge in [-0.15, -0.1) is 0 Å². The molecule has 0 heterocycles. The molecule has 2 aromatic carbocycles. The van der Waals surface area contributed by atoms with Crippen LogP contribution < -0.4 is 0 Å². The van der Waals surface area contributed by atoms with Gasteiger partial charge in [0.15, 0.2) is 12.4 Å². The molecule has 0 bridgehead atoms. The van der Waals surface area contributed by atoms with Gasteiger partial charge in [-0.25, -0.2) is 4.79 Å². The van der Waals surface area contributed by atoms with Crippen LogP contribution in [0.2, 0.25) is 0 Å². The summed E-state index contributed by atoms with van der Waals surface area (Å²) in [6, 6.07) is 18.0. The molecule has 0 N–H and O–H groups in total. The largest absolute Gasteiger partial charge is 0.454 e. The van der Waals surface area contributed by atoms with Gasteiger partial charge in [-0.05, 0) is 23.8 Å². The van der Waals surface area contributed by atoms with E-state index in [2.05, 4.69) is 0 Å². The van der Waals surface area contributed by atoms with E-state index in [0.717, 1.165) is 5.56 Å². The number of hydrogen-bond acceptors (Lipinski definition) is 3. The van der Waals surface area contributed by atoms with Crippen LogP contribution in [0, 0.1) is 0 Å². The van der Waals surface area contributed by atoms with Gasteiger partial charge in [-0.2, -0.15) is 0 Å². The quantitative estimate of drug-likeness (QED) is 0.617. The highest BCUT2D eigenvalue weighted by molar-refractivity contribution is 5.97. The molecule has 0 aliphatic carbocycles. The van der Waals surface area contributed by atoms with Crippen molar-refractivity contribution >= 4 is 17.8 Å². The smallest absolute Gasteiger partial charge is 0.338 e. The van der Waals surface area contributed by atoms with Crippen molar-refractivity contribution in [3.8, 4) is 0 Å². The fraction of sp³-hybridized carbons (Fsp3) is 0.0588. The fourth-order valence-electron chi connectivity index (χ4n) is 1.60. The summed E-state index contributed by atoms with van der Waals surface area (Å²) in [7, 11) is 0. The van der Waals surface area contributed by atoms with Gasteiger partial charge in [-0.1, -0.05) is 54.6 Å². The Bertz CT molecular complexity index is 601. The Balaban J connectivity index is 1.84. The molecule has 2 rings (SSSR count). The van der Waals surface area contributed by atoms with Gasteiger partial charge in [0.25, 0.3) is 0 Å². The maximum absolute atomic E-state index is 11.6. The standard InChI is InChI=1S/C17H14O3/c18-16(12-11-14-7-3-1-4-8-14)13-20-17(19)15-9-5-2-6-10-15/h1-12H,13H2/b12-11+. The Labute approximate surface area is 117 Å². The molecule has 3 heteroatoms. The van der Waals surface area contributed by atoms with Gasteiger partial charge in [0, 0.05) is 0 Å². The summed E-state index contributed by atoms with van der Waals surface area (Å²) in [5, 5.41) is 0. The Morgan fingerprint density at radius 2 is 1.50 bits per heavy atom. The first kappa shape index (κ1) is 13.7. The second kappa shape index (κ2) is 7.04. The topological polar surface area (TPSA) is 43.4 Å². The number of benzene rings is 2. The maximum atomic E-state index is 11.6. The minimum Gasteiger partial charge on any atom is -0.454 e. The van der Waals surface area contributed by atoms with Gasteiger partial charge in [0.05, 0.1) is 5.56 Å². The number of ether oxygens (including phenoxy) is 1. The van der Waals surface area contributed by atoms with Crippen LogP contribution in [0.5, 0.6) is 0 Å². The molecule has 0 aliphatic heterocycles. The molecule has 20 heavy (non-hydrogen) atoms. The van der Waals surface area contributed by atoms with Crippen LogP contribution in [-0.2, 0) is 9.53 Å². The summed E-state index contributed by atoms with van der Waals surface area (Å²) in [6.07, 6.45) is 3.10. The summed E-state index contributed by atoms with van der Waals surface area (Å²) in [4.78, 5) is 23.2. The van der Waals surface area contributed by atoms with Gasteiger partial charge in [-0.3, -0.25) is 4.79 Å². The van der Waals surface area contributed by atoms with E-state index in [1.807, 2.05) is 36.4 Å². The summed E-state index contributed by atoms with van der Waals surface area (Å²) in [5.74, 6) is -0.745. The number of carbonyl (C=O) groups excluding carboxylic acids is 2. The molecule has 0 amide bonds. The average Bonchev–Trinajstić information content (AvgIpc) is 2.52. The highest BCUT2D eigenvalue weighted by Gasteiger charge is 2.07. The van der Waals surface area contributed by atoms with Crippen molar-refractivity contribution in [2.75, 3.05) is 6.61 Å². The van der Waals surface area contributed by atoms with E-state index >= 15 is 0 Å². The summed E-state index contributed by atoms with van der Waals surface area (Å²) < 4.78 is 4.94. The highest BCUT2D eigenvalue weighted by Crippen LogP contribution is 2.03. The van der Waals surface area contributed by atoms with E-state index in [4.69, 9.17) is 4.74 Å². The van der Waals surface area contributed by atoms with Crippen molar-refractivity contribution in [1.82, 2.24) is 0 Å². The molecule has 0 atom stereocenters. The molecule has 0 unspecified atom stereocenters. The SMILES string of the molecule is O=C(/C=C/c1ccccc1)COC(=O)c1ccccc1. The first-order valence-corrected chi connectivity index (χ1v) is 6.24. The van der Waals surface area contributed by atoms with Gasteiger partial charge >= 0.3 is 5.97 Å². The van der Waals surface area contributed by atoms with E-state index in [-0.39, 0.29) is 12.4 Å². The first-order chi connectivity index (χ1) is 9.75. The summed E-state index contributed by atoms with van der Waals surface area (Å²) >= 11 is 0. The second-order valence-electron chi connectivity index (χ2n) is 4.15. The van der Waals surface area contributed by atoms with Crippen LogP contribution in [0.15, 0.2) is 66.7 Å². The van der Waals surface area contributed by atoms with E-state index in [1.165, 1.54) is 6.08 Å². The van der Waals surface area contributed by atoms with Crippen LogP contribution in [0.25, 0.3) is 6.08 Å². The number of esters is 1. The van der Waals surface area contributed by atoms with Crippen molar-refractivity contribution in [3.63, 3.8) is 0 Å². The Kier molecular flexibility index (Phi) is 4.84. The molecule has 0 aliphatic rings. The third kappa shape index (κ3) is 4.21. The second-order valence-corrected chi connectivity index (χ2v) is 4.15. The monoisotopic (exact) mass is 266 g/mol. The molecular weight excluding hydrogens is 252 g/mol. The zero-order valence-corrected chi connectivity index (χ0v) is 10.9. The third-order valence-corrected chi connectivity index (χ3v) is 2.62. The Morgan fingerprint density at radius 1 is 0.900 bits per heavy atom. The lowest BCUT2D eigenvalue weighted by Crippen LogP contribution is -2.12. The fourth-order valence-corrected chi connectivity index (χ4v) is 1.60. The number of rotatable bonds is 5. The zero-order valence-electron chi connectivity index (χ0n) is 10.9. The van der Waals surface area contributed by atoms with E-state index in [9.17, 15) is 9.59 Å². The maximum Gasteiger partial charge on any atom is 0.338 e. The molecule has 0 fully saturated rings. The molecule has 0 radical (unpaired) electrons. The van der Waals surface area contributed by atoms with Crippen LogP contribution >= 0.6 is 0 Å².